The van der Waals surface area contributed by atoms with Crippen LogP contribution in [0.15, 0.2) is 18.3 Å². The Labute approximate surface area is 127 Å². The lowest BCUT2D eigenvalue weighted by Crippen LogP contribution is -2.48. The van der Waals surface area contributed by atoms with Gasteiger partial charge in [0.05, 0.1) is 0 Å². The fraction of sp³-hybridized carbons (Fsp3) is 0.688. The molecule has 0 radical (unpaired) electrons. The van der Waals surface area contributed by atoms with E-state index in [4.69, 9.17) is 4.74 Å². The molecule has 0 aromatic carbocycles. The zero-order valence-corrected chi connectivity index (χ0v) is 13.6. The highest BCUT2D eigenvalue weighted by molar-refractivity contribution is 5.68. The quantitative estimate of drug-likeness (QED) is 0.931. The second-order valence-corrected chi connectivity index (χ2v) is 6.83. The number of hydrogen-bond acceptors (Lipinski definition) is 3. The minimum Gasteiger partial charge on any atom is -0.444 e. The van der Waals surface area contributed by atoms with Gasteiger partial charge in [0.1, 0.15) is 5.60 Å². The fourth-order valence-corrected chi connectivity index (χ4v) is 2.68. The molecule has 0 saturated carbocycles. The number of amides is 1. The van der Waals surface area contributed by atoms with E-state index in [9.17, 15) is 4.79 Å². The van der Waals surface area contributed by atoms with Crippen molar-refractivity contribution in [2.45, 2.75) is 51.8 Å². The van der Waals surface area contributed by atoms with E-state index in [1.54, 1.807) is 0 Å². The third kappa shape index (κ3) is 5.08. The smallest absolute Gasteiger partial charge is 0.407 e. The Balaban J connectivity index is 1.83. The van der Waals surface area contributed by atoms with Crippen LogP contribution in [0, 0.1) is 0 Å². The average molecular weight is 293 g/mol. The van der Waals surface area contributed by atoms with Gasteiger partial charge in [0.2, 0.25) is 0 Å². The summed E-state index contributed by atoms with van der Waals surface area (Å²) in [7, 11) is 2.07. The number of piperidine rings is 1. The first-order chi connectivity index (χ1) is 9.83. The molecule has 1 saturated heterocycles. The van der Waals surface area contributed by atoms with Gasteiger partial charge in [0.15, 0.2) is 0 Å². The molecule has 0 unspecified atom stereocenters. The Bertz CT molecular complexity index is 476. The Morgan fingerprint density at radius 1 is 1.48 bits per heavy atom. The molecule has 1 atom stereocenters. The fourth-order valence-electron chi connectivity index (χ4n) is 2.68. The minimum atomic E-state index is -0.443. The highest BCUT2D eigenvalue weighted by Crippen LogP contribution is 2.15. The number of aryl methyl sites for hydroxylation is 1. The van der Waals surface area contributed by atoms with Gasteiger partial charge in [-0.15, -0.1) is 0 Å². The van der Waals surface area contributed by atoms with Gasteiger partial charge in [-0.25, -0.2) is 4.79 Å². The number of carbonyl (C=O) groups is 1. The van der Waals surface area contributed by atoms with E-state index in [0.29, 0.717) is 0 Å². The number of hydrogen-bond donors (Lipinski definition) is 1. The summed E-state index contributed by atoms with van der Waals surface area (Å²) in [5, 5.41) is 2.99. The lowest BCUT2D eigenvalue weighted by Gasteiger charge is -2.33. The summed E-state index contributed by atoms with van der Waals surface area (Å²) in [4.78, 5) is 14.2. The van der Waals surface area contributed by atoms with E-state index in [-0.39, 0.29) is 12.1 Å². The van der Waals surface area contributed by atoms with Crippen LogP contribution in [0.2, 0.25) is 0 Å². The maximum atomic E-state index is 11.8. The SMILES string of the molecule is Cn1cccc1CN1CCC[C@@H](NC(=O)OC(C)(C)C)C1. The van der Waals surface area contributed by atoms with Crippen molar-refractivity contribution in [1.82, 2.24) is 14.8 Å². The molecule has 0 aliphatic carbocycles. The molecule has 2 heterocycles. The highest BCUT2D eigenvalue weighted by Gasteiger charge is 2.24. The summed E-state index contributed by atoms with van der Waals surface area (Å²) in [6.07, 6.45) is 3.87. The lowest BCUT2D eigenvalue weighted by molar-refractivity contribution is 0.0469. The van der Waals surface area contributed by atoms with Crippen LogP contribution in [0.25, 0.3) is 0 Å². The van der Waals surface area contributed by atoms with Crippen molar-refractivity contribution < 1.29 is 9.53 Å². The normalized spacial score (nSPS) is 20.3. The van der Waals surface area contributed by atoms with Crippen molar-refractivity contribution in [3.63, 3.8) is 0 Å². The van der Waals surface area contributed by atoms with Crippen molar-refractivity contribution >= 4 is 6.09 Å². The first-order valence-electron chi connectivity index (χ1n) is 7.65. The Kier molecular flexibility index (Phi) is 4.93. The number of ether oxygens (including phenoxy) is 1. The molecule has 1 aromatic rings. The largest absolute Gasteiger partial charge is 0.444 e. The van der Waals surface area contributed by atoms with Gasteiger partial charge < -0.3 is 14.6 Å². The van der Waals surface area contributed by atoms with Crippen molar-refractivity contribution in [2.75, 3.05) is 13.1 Å². The van der Waals surface area contributed by atoms with Gasteiger partial charge in [-0.3, -0.25) is 4.90 Å². The van der Waals surface area contributed by atoms with E-state index in [0.717, 1.165) is 32.5 Å². The first-order valence-corrected chi connectivity index (χ1v) is 7.65. The number of carbonyl (C=O) groups excluding carboxylic acids is 1. The third-order valence-electron chi connectivity index (χ3n) is 3.66. The molecule has 0 spiro atoms. The van der Waals surface area contributed by atoms with Crippen molar-refractivity contribution in [3.05, 3.63) is 24.0 Å². The van der Waals surface area contributed by atoms with Crippen molar-refractivity contribution in [2.24, 2.45) is 7.05 Å². The predicted octanol–water partition coefficient (Wildman–Crippen LogP) is 2.51. The Hall–Kier alpha value is -1.49. The molecule has 0 bridgehead atoms. The van der Waals surface area contributed by atoms with E-state index in [2.05, 4.69) is 40.2 Å². The van der Waals surface area contributed by atoms with Crippen LogP contribution in [0.5, 0.6) is 0 Å². The standard InChI is InChI=1S/C16H27N3O2/c1-16(2,3)21-15(20)17-13-7-5-10-19(11-13)12-14-8-6-9-18(14)4/h6,8-9,13H,5,7,10-12H2,1-4H3,(H,17,20)/t13-/m1/s1. The Morgan fingerprint density at radius 3 is 2.86 bits per heavy atom. The van der Waals surface area contributed by atoms with Gasteiger partial charge in [0, 0.05) is 38.1 Å². The van der Waals surface area contributed by atoms with E-state index in [1.807, 2.05) is 20.8 Å². The first kappa shape index (κ1) is 15.9. The third-order valence-corrected chi connectivity index (χ3v) is 3.66. The number of likely N-dealkylation sites (tertiary alicyclic amines) is 1. The summed E-state index contributed by atoms with van der Waals surface area (Å²) >= 11 is 0. The number of alkyl carbamates (subject to hydrolysis) is 1. The molecule has 5 nitrogen and oxygen atoms in total. The van der Waals surface area contributed by atoms with Gasteiger partial charge >= 0.3 is 6.09 Å². The number of aromatic nitrogens is 1. The number of nitrogens with one attached hydrogen (secondary N) is 1. The second kappa shape index (κ2) is 6.52. The molecular formula is C16H27N3O2. The maximum absolute atomic E-state index is 11.8. The van der Waals surface area contributed by atoms with E-state index < -0.39 is 5.60 Å². The zero-order chi connectivity index (χ0) is 15.5. The second-order valence-electron chi connectivity index (χ2n) is 6.83. The summed E-state index contributed by atoms with van der Waals surface area (Å²) in [5.41, 5.74) is 0.856. The van der Waals surface area contributed by atoms with Crippen molar-refractivity contribution in [1.29, 1.82) is 0 Å². The molecule has 2 rings (SSSR count). The number of rotatable bonds is 3. The van der Waals surface area contributed by atoms with Gasteiger partial charge in [0.25, 0.3) is 0 Å². The van der Waals surface area contributed by atoms with Gasteiger partial charge in [-0.1, -0.05) is 0 Å². The van der Waals surface area contributed by atoms with Crippen LogP contribution in [0.3, 0.4) is 0 Å². The minimum absolute atomic E-state index is 0.175. The Morgan fingerprint density at radius 2 is 2.24 bits per heavy atom. The molecule has 1 amide bonds. The van der Waals surface area contributed by atoms with Crippen LogP contribution in [0.4, 0.5) is 4.79 Å². The molecule has 118 valence electrons. The topological polar surface area (TPSA) is 46.5 Å². The van der Waals surface area contributed by atoms with Crippen molar-refractivity contribution in [3.8, 4) is 0 Å². The van der Waals surface area contributed by atoms with Crippen LogP contribution in [-0.2, 0) is 18.3 Å². The van der Waals surface area contributed by atoms with E-state index in [1.165, 1.54) is 5.69 Å². The van der Waals surface area contributed by atoms with Gasteiger partial charge in [-0.2, -0.15) is 0 Å². The summed E-state index contributed by atoms with van der Waals surface area (Å²) < 4.78 is 7.47. The molecule has 5 heteroatoms. The summed E-state index contributed by atoms with van der Waals surface area (Å²) in [6, 6.07) is 4.38. The van der Waals surface area contributed by atoms with E-state index >= 15 is 0 Å². The maximum Gasteiger partial charge on any atom is 0.407 e. The highest BCUT2D eigenvalue weighted by atomic mass is 16.6. The molecule has 1 N–H and O–H groups in total. The molecular weight excluding hydrogens is 266 g/mol. The summed E-state index contributed by atoms with van der Waals surface area (Å²) in [5.74, 6) is 0. The van der Waals surface area contributed by atoms with Crippen LogP contribution < -0.4 is 5.32 Å². The monoisotopic (exact) mass is 293 g/mol. The summed E-state index contributed by atoms with van der Waals surface area (Å²) in [6.45, 7) is 8.54. The van der Waals surface area contributed by atoms with Crippen LogP contribution >= 0.6 is 0 Å². The molecule has 1 aliphatic rings. The van der Waals surface area contributed by atoms with Crippen LogP contribution in [0.1, 0.15) is 39.3 Å². The van der Waals surface area contributed by atoms with Crippen LogP contribution in [-0.4, -0.2) is 40.3 Å². The average Bonchev–Trinajstić information content (AvgIpc) is 2.73. The van der Waals surface area contributed by atoms with Gasteiger partial charge in [-0.05, 0) is 52.3 Å². The lowest BCUT2D eigenvalue weighted by atomic mass is 10.1. The number of nitrogens with zero attached hydrogens (tertiary/aromatic N) is 2. The molecule has 1 aromatic heterocycles. The predicted molar refractivity (Wildman–Crippen MR) is 83.1 cm³/mol. The molecule has 1 fully saturated rings. The molecule has 1 aliphatic heterocycles. The molecule has 21 heavy (non-hydrogen) atoms. The zero-order valence-electron chi connectivity index (χ0n) is 13.6.